The second-order valence-corrected chi connectivity index (χ2v) is 6.14. The number of ether oxygens (including phenoxy) is 2. The van der Waals surface area contributed by atoms with Crippen LogP contribution in [0.5, 0.6) is 5.75 Å². The van der Waals surface area contributed by atoms with E-state index in [-0.39, 0.29) is 12.1 Å². The number of amides is 2. The van der Waals surface area contributed by atoms with Crippen LogP contribution < -0.4 is 10.1 Å². The number of morpholine rings is 1. The van der Waals surface area contributed by atoms with Gasteiger partial charge < -0.3 is 19.7 Å². The van der Waals surface area contributed by atoms with Gasteiger partial charge in [-0.2, -0.15) is 0 Å². The fraction of sp³-hybridized carbons (Fsp3) is 0.588. The lowest BCUT2D eigenvalue weighted by Crippen LogP contribution is -2.53. The van der Waals surface area contributed by atoms with Crippen molar-refractivity contribution in [1.82, 2.24) is 10.2 Å². The molecule has 0 spiro atoms. The van der Waals surface area contributed by atoms with Gasteiger partial charge >= 0.3 is 6.03 Å². The molecule has 0 radical (unpaired) electrons. The molecular formula is C17H24N2O3. The van der Waals surface area contributed by atoms with Crippen molar-refractivity contribution in [1.29, 1.82) is 0 Å². The highest BCUT2D eigenvalue weighted by Gasteiger charge is 2.39. The lowest BCUT2D eigenvalue weighted by Gasteiger charge is -2.35. The molecule has 0 aromatic heterocycles. The molecule has 1 heterocycles. The number of carbonyl (C=O) groups is 1. The van der Waals surface area contributed by atoms with Crippen LogP contribution in [-0.2, 0) is 11.3 Å². The van der Waals surface area contributed by atoms with Crippen LogP contribution in [0.3, 0.4) is 0 Å². The summed E-state index contributed by atoms with van der Waals surface area (Å²) in [6, 6.07) is 6.26. The van der Waals surface area contributed by atoms with Crippen molar-refractivity contribution in [2.75, 3.05) is 26.9 Å². The molecule has 1 aliphatic heterocycles. The average Bonchev–Trinajstić information content (AvgIpc) is 3.37. The van der Waals surface area contributed by atoms with Gasteiger partial charge in [-0.15, -0.1) is 0 Å². The summed E-state index contributed by atoms with van der Waals surface area (Å²) in [4.78, 5) is 14.4. The maximum Gasteiger partial charge on any atom is 0.318 e. The number of nitrogens with zero attached hydrogens (tertiary/aromatic N) is 1. The molecule has 1 aliphatic carbocycles. The number of carbonyl (C=O) groups excluding carboxylic acids is 1. The fourth-order valence-electron chi connectivity index (χ4n) is 3.08. The van der Waals surface area contributed by atoms with Crippen molar-refractivity contribution in [3.63, 3.8) is 0 Å². The topological polar surface area (TPSA) is 50.8 Å². The van der Waals surface area contributed by atoms with Crippen molar-refractivity contribution in [3.8, 4) is 5.75 Å². The maximum atomic E-state index is 12.5. The van der Waals surface area contributed by atoms with Crippen LogP contribution in [0.15, 0.2) is 18.2 Å². The van der Waals surface area contributed by atoms with Crippen molar-refractivity contribution >= 4 is 6.03 Å². The molecule has 0 bridgehead atoms. The molecule has 1 saturated heterocycles. The van der Waals surface area contributed by atoms with E-state index in [1.54, 1.807) is 7.11 Å². The molecular weight excluding hydrogens is 280 g/mol. The Morgan fingerprint density at radius 1 is 1.45 bits per heavy atom. The lowest BCUT2D eigenvalue weighted by molar-refractivity contribution is 0.00463. The highest BCUT2D eigenvalue weighted by Crippen LogP contribution is 2.36. The van der Waals surface area contributed by atoms with Gasteiger partial charge in [0, 0.05) is 13.1 Å². The van der Waals surface area contributed by atoms with Gasteiger partial charge in [0.15, 0.2) is 0 Å². The predicted octanol–water partition coefficient (Wildman–Crippen LogP) is 2.32. The van der Waals surface area contributed by atoms with E-state index in [0.29, 0.717) is 32.2 Å². The Balaban J connectivity index is 1.58. The summed E-state index contributed by atoms with van der Waals surface area (Å²) in [5.41, 5.74) is 2.17. The Morgan fingerprint density at radius 3 is 2.95 bits per heavy atom. The molecule has 2 amide bonds. The zero-order valence-corrected chi connectivity index (χ0v) is 13.3. The van der Waals surface area contributed by atoms with Gasteiger partial charge in [0.25, 0.3) is 0 Å². The second-order valence-electron chi connectivity index (χ2n) is 6.14. The summed E-state index contributed by atoms with van der Waals surface area (Å²) in [5.74, 6) is 1.51. The summed E-state index contributed by atoms with van der Waals surface area (Å²) in [6.07, 6.45) is 2.44. The first-order chi connectivity index (χ1) is 10.7. The molecule has 22 heavy (non-hydrogen) atoms. The third kappa shape index (κ3) is 3.35. The van der Waals surface area contributed by atoms with Crippen molar-refractivity contribution in [2.24, 2.45) is 5.92 Å². The van der Waals surface area contributed by atoms with Crippen LogP contribution in [0.25, 0.3) is 0 Å². The molecule has 2 fully saturated rings. The van der Waals surface area contributed by atoms with E-state index in [1.807, 2.05) is 24.0 Å². The molecule has 0 unspecified atom stereocenters. The normalized spacial score (nSPS) is 21.5. The standard InChI is InChI=1S/C17H24N2O3/c1-12-9-13(3-6-16(12)21-2)10-18-17(20)19-7-8-22-11-15(19)14-4-5-14/h3,6,9,14-15H,4-5,7-8,10-11H2,1-2H3,(H,18,20)/t15-/m0/s1. The van der Waals surface area contributed by atoms with E-state index >= 15 is 0 Å². The minimum absolute atomic E-state index is 0.0219. The summed E-state index contributed by atoms with van der Waals surface area (Å²) < 4.78 is 10.8. The smallest absolute Gasteiger partial charge is 0.318 e. The highest BCUT2D eigenvalue weighted by molar-refractivity contribution is 5.74. The van der Waals surface area contributed by atoms with Gasteiger partial charge in [0.1, 0.15) is 5.75 Å². The van der Waals surface area contributed by atoms with E-state index < -0.39 is 0 Å². The Labute approximate surface area is 131 Å². The van der Waals surface area contributed by atoms with Crippen molar-refractivity contribution in [3.05, 3.63) is 29.3 Å². The van der Waals surface area contributed by atoms with Crippen LogP contribution in [-0.4, -0.2) is 43.8 Å². The van der Waals surface area contributed by atoms with Gasteiger partial charge in [-0.25, -0.2) is 4.79 Å². The SMILES string of the molecule is COc1ccc(CNC(=O)N2CCOC[C@H]2C2CC2)cc1C. The first-order valence-electron chi connectivity index (χ1n) is 7.95. The molecule has 1 aromatic carbocycles. The highest BCUT2D eigenvalue weighted by atomic mass is 16.5. The Morgan fingerprint density at radius 2 is 2.27 bits per heavy atom. The number of aryl methyl sites for hydroxylation is 1. The number of rotatable bonds is 4. The Hall–Kier alpha value is -1.75. The Kier molecular flexibility index (Phi) is 4.52. The third-order valence-electron chi connectivity index (χ3n) is 4.50. The first kappa shape index (κ1) is 15.2. The Bertz CT molecular complexity index is 543. The summed E-state index contributed by atoms with van der Waals surface area (Å²) in [5, 5.41) is 3.04. The molecule has 3 rings (SSSR count). The lowest BCUT2D eigenvalue weighted by atomic mass is 10.1. The summed E-state index contributed by atoms with van der Waals surface area (Å²) in [7, 11) is 1.67. The number of nitrogens with one attached hydrogen (secondary N) is 1. The molecule has 5 nitrogen and oxygen atoms in total. The molecule has 5 heteroatoms. The van der Waals surface area contributed by atoms with E-state index in [4.69, 9.17) is 9.47 Å². The monoisotopic (exact) mass is 304 g/mol. The number of hydrogen-bond donors (Lipinski definition) is 1. The molecule has 1 atom stereocenters. The maximum absolute atomic E-state index is 12.5. The van der Waals surface area contributed by atoms with Gasteiger partial charge in [-0.05, 0) is 42.9 Å². The zero-order chi connectivity index (χ0) is 15.5. The zero-order valence-electron chi connectivity index (χ0n) is 13.3. The van der Waals surface area contributed by atoms with E-state index in [9.17, 15) is 4.79 Å². The second kappa shape index (κ2) is 6.57. The summed E-state index contributed by atoms with van der Waals surface area (Å²) >= 11 is 0. The molecule has 1 aromatic rings. The van der Waals surface area contributed by atoms with E-state index in [1.165, 1.54) is 12.8 Å². The van der Waals surface area contributed by atoms with Gasteiger partial charge in [-0.1, -0.05) is 12.1 Å². The number of hydrogen-bond acceptors (Lipinski definition) is 3. The summed E-state index contributed by atoms with van der Waals surface area (Å²) in [6.45, 7) is 4.56. The van der Waals surface area contributed by atoms with Crippen LogP contribution in [0.4, 0.5) is 4.79 Å². The van der Waals surface area contributed by atoms with E-state index in [2.05, 4.69) is 11.4 Å². The molecule has 120 valence electrons. The van der Waals surface area contributed by atoms with Crippen LogP contribution in [0.1, 0.15) is 24.0 Å². The average molecular weight is 304 g/mol. The van der Waals surface area contributed by atoms with Crippen LogP contribution in [0, 0.1) is 12.8 Å². The fourth-order valence-corrected chi connectivity index (χ4v) is 3.08. The van der Waals surface area contributed by atoms with Gasteiger partial charge in [0.05, 0.1) is 26.4 Å². The molecule has 1 saturated carbocycles. The minimum Gasteiger partial charge on any atom is -0.496 e. The number of urea groups is 1. The number of methoxy groups -OCH3 is 1. The third-order valence-corrected chi connectivity index (χ3v) is 4.50. The molecule has 2 aliphatic rings. The minimum atomic E-state index is 0.0219. The first-order valence-corrected chi connectivity index (χ1v) is 7.95. The molecule has 1 N–H and O–H groups in total. The van der Waals surface area contributed by atoms with Gasteiger partial charge in [-0.3, -0.25) is 0 Å². The van der Waals surface area contributed by atoms with Crippen LogP contribution >= 0.6 is 0 Å². The number of benzene rings is 1. The van der Waals surface area contributed by atoms with Gasteiger partial charge in [0.2, 0.25) is 0 Å². The van der Waals surface area contributed by atoms with Crippen molar-refractivity contribution in [2.45, 2.75) is 32.4 Å². The van der Waals surface area contributed by atoms with Crippen LogP contribution in [0.2, 0.25) is 0 Å². The quantitative estimate of drug-likeness (QED) is 0.929. The van der Waals surface area contributed by atoms with E-state index in [0.717, 1.165) is 16.9 Å². The largest absolute Gasteiger partial charge is 0.496 e. The van der Waals surface area contributed by atoms with Crippen molar-refractivity contribution < 1.29 is 14.3 Å². The predicted molar refractivity (Wildman–Crippen MR) is 84.0 cm³/mol.